The smallest absolute Gasteiger partial charge is 0.128 e. The van der Waals surface area contributed by atoms with Gasteiger partial charge >= 0.3 is 0 Å². The van der Waals surface area contributed by atoms with Crippen molar-refractivity contribution in [3.05, 3.63) is 0 Å². The summed E-state index contributed by atoms with van der Waals surface area (Å²) in [5.41, 5.74) is 0. The number of hydrogen-bond donors (Lipinski definition) is 1. The van der Waals surface area contributed by atoms with E-state index in [9.17, 15) is 4.39 Å². The van der Waals surface area contributed by atoms with Gasteiger partial charge in [0.25, 0.3) is 0 Å². The van der Waals surface area contributed by atoms with E-state index in [0.717, 1.165) is 6.42 Å². The number of alkyl halides is 1. The highest BCUT2D eigenvalue weighted by Crippen LogP contribution is 2.18. The molecular formula is C6H11FO2. The third-order valence-electron chi connectivity index (χ3n) is 1.65. The Morgan fingerprint density at radius 2 is 2.56 bits per heavy atom. The average molecular weight is 134 g/mol. The average Bonchev–Trinajstić information content (AvgIpc) is 2.37. The van der Waals surface area contributed by atoms with Crippen LogP contribution >= 0.6 is 0 Å². The quantitative estimate of drug-likeness (QED) is 0.590. The van der Waals surface area contributed by atoms with Crippen LogP contribution in [-0.4, -0.2) is 31.1 Å². The van der Waals surface area contributed by atoms with Crippen molar-refractivity contribution in [1.82, 2.24) is 0 Å². The van der Waals surface area contributed by atoms with Gasteiger partial charge in [-0.15, -0.1) is 0 Å². The van der Waals surface area contributed by atoms with E-state index < -0.39 is 6.17 Å². The molecule has 2 nitrogen and oxygen atoms in total. The van der Waals surface area contributed by atoms with Crippen LogP contribution in [0.25, 0.3) is 0 Å². The maximum atomic E-state index is 12.5. The lowest BCUT2D eigenvalue weighted by molar-refractivity contribution is 0.108. The van der Waals surface area contributed by atoms with Gasteiger partial charge in [0, 0.05) is 12.5 Å². The molecule has 0 aromatic carbocycles. The Hall–Kier alpha value is -0.150. The second kappa shape index (κ2) is 3.13. The highest BCUT2D eigenvalue weighted by atomic mass is 19.1. The van der Waals surface area contributed by atoms with Gasteiger partial charge in [0.15, 0.2) is 0 Å². The molecule has 1 fully saturated rings. The summed E-state index contributed by atoms with van der Waals surface area (Å²) in [7, 11) is 0. The summed E-state index contributed by atoms with van der Waals surface area (Å²) in [6, 6.07) is 0. The van der Waals surface area contributed by atoms with E-state index in [1.165, 1.54) is 0 Å². The summed E-state index contributed by atoms with van der Waals surface area (Å²) in [5.74, 6) is -0.0602. The molecule has 1 N–H and O–H groups in total. The molecule has 1 heterocycles. The number of aliphatic hydroxyl groups is 1. The minimum atomic E-state index is -1.08. The highest BCUT2D eigenvalue weighted by Gasteiger charge is 2.24. The molecule has 0 spiro atoms. The Morgan fingerprint density at radius 3 is 3.00 bits per heavy atom. The Balaban J connectivity index is 2.24. The Bertz CT molecular complexity index is 81.1. The van der Waals surface area contributed by atoms with Gasteiger partial charge in [-0.05, 0) is 6.42 Å². The molecule has 9 heavy (non-hydrogen) atoms. The molecule has 0 radical (unpaired) electrons. The van der Waals surface area contributed by atoms with Crippen molar-refractivity contribution >= 4 is 0 Å². The molecule has 1 saturated heterocycles. The van der Waals surface area contributed by atoms with E-state index in [0.29, 0.717) is 13.2 Å². The molecule has 0 saturated carbocycles. The minimum absolute atomic E-state index is 0.0602. The molecule has 0 amide bonds. The van der Waals surface area contributed by atoms with Gasteiger partial charge < -0.3 is 9.84 Å². The van der Waals surface area contributed by atoms with Gasteiger partial charge in [-0.3, -0.25) is 0 Å². The van der Waals surface area contributed by atoms with Crippen molar-refractivity contribution < 1.29 is 14.2 Å². The molecule has 2 atom stereocenters. The van der Waals surface area contributed by atoms with Gasteiger partial charge in [0.1, 0.15) is 6.17 Å². The Labute approximate surface area is 53.6 Å². The molecule has 1 rings (SSSR count). The number of aliphatic hydroxyl groups excluding tert-OH is 1. The molecule has 3 heteroatoms. The number of hydrogen-bond acceptors (Lipinski definition) is 2. The van der Waals surface area contributed by atoms with Crippen LogP contribution in [0.2, 0.25) is 0 Å². The molecule has 0 aromatic rings. The van der Waals surface area contributed by atoms with Gasteiger partial charge in [0.2, 0.25) is 0 Å². The van der Waals surface area contributed by atoms with Crippen LogP contribution in [0.1, 0.15) is 6.42 Å². The minimum Gasteiger partial charge on any atom is -0.393 e. The standard InChI is InChI=1S/C6H11FO2/c7-6(3-8)5-1-2-9-4-5/h5-6,8H,1-4H2/t5-,6+/m1/s1. The van der Waals surface area contributed by atoms with E-state index >= 15 is 0 Å². The second-order valence-electron chi connectivity index (χ2n) is 2.32. The van der Waals surface area contributed by atoms with Crippen molar-refractivity contribution in [3.8, 4) is 0 Å². The lowest BCUT2D eigenvalue weighted by atomic mass is 10.0. The number of halogens is 1. The van der Waals surface area contributed by atoms with Crippen molar-refractivity contribution in [2.75, 3.05) is 19.8 Å². The maximum absolute atomic E-state index is 12.5. The van der Waals surface area contributed by atoms with Crippen molar-refractivity contribution in [2.45, 2.75) is 12.6 Å². The number of rotatable bonds is 2. The fourth-order valence-corrected chi connectivity index (χ4v) is 0.987. The van der Waals surface area contributed by atoms with Crippen LogP contribution in [0, 0.1) is 5.92 Å². The largest absolute Gasteiger partial charge is 0.393 e. The topological polar surface area (TPSA) is 29.5 Å². The zero-order valence-electron chi connectivity index (χ0n) is 5.22. The summed E-state index contributed by atoms with van der Waals surface area (Å²) in [4.78, 5) is 0. The van der Waals surface area contributed by atoms with Crippen molar-refractivity contribution in [1.29, 1.82) is 0 Å². The molecule has 0 aromatic heterocycles. The normalized spacial score (nSPS) is 30.7. The fraction of sp³-hybridized carbons (Fsp3) is 1.00. The lowest BCUT2D eigenvalue weighted by Crippen LogP contribution is -2.19. The van der Waals surface area contributed by atoms with Gasteiger partial charge in [-0.25, -0.2) is 4.39 Å². The summed E-state index contributed by atoms with van der Waals surface area (Å²) < 4.78 is 17.4. The first-order valence-electron chi connectivity index (χ1n) is 3.17. The highest BCUT2D eigenvalue weighted by molar-refractivity contribution is 4.71. The van der Waals surface area contributed by atoms with Crippen LogP contribution < -0.4 is 0 Å². The summed E-state index contributed by atoms with van der Waals surface area (Å²) in [5, 5.41) is 8.36. The predicted octanol–water partition coefficient (Wildman–Crippen LogP) is 0.353. The molecule has 0 bridgehead atoms. The monoisotopic (exact) mass is 134 g/mol. The van der Waals surface area contributed by atoms with E-state index in [1.807, 2.05) is 0 Å². The summed E-state index contributed by atoms with van der Waals surface area (Å²) >= 11 is 0. The molecule has 1 aliphatic rings. The van der Waals surface area contributed by atoms with Gasteiger partial charge in [0.05, 0.1) is 13.2 Å². The van der Waals surface area contributed by atoms with Crippen LogP contribution in [0.3, 0.4) is 0 Å². The predicted molar refractivity (Wildman–Crippen MR) is 30.9 cm³/mol. The fourth-order valence-electron chi connectivity index (χ4n) is 0.987. The van der Waals surface area contributed by atoms with Crippen LogP contribution in [0.15, 0.2) is 0 Å². The third-order valence-corrected chi connectivity index (χ3v) is 1.65. The first-order chi connectivity index (χ1) is 4.34. The van der Waals surface area contributed by atoms with Gasteiger partial charge in [-0.1, -0.05) is 0 Å². The van der Waals surface area contributed by atoms with Gasteiger partial charge in [-0.2, -0.15) is 0 Å². The van der Waals surface area contributed by atoms with Crippen LogP contribution in [-0.2, 0) is 4.74 Å². The van der Waals surface area contributed by atoms with E-state index in [2.05, 4.69) is 0 Å². The molecule has 0 aliphatic carbocycles. The first-order valence-corrected chi connectivity index (χ1v) is 3.17. The number of ether oxygens (including phenoxy) is 1. The van der Waals surface area contributed by atoms with Crippen LogP contribution in [0.4, 0.5) is 4.39 Å². The van der Waals surface area contributed by atoms with E-state index in [4.69, 9.17) is 9.84 Å². The SMILES string of the molecule is OC[C@H](F)[C@@H]1CCOC1. The Morgan fingerprint density at radius 1 is 1.78 bits per heavy atom. The summed E-state index contributed by atoms with van der Waals surface area (Å²) in [6.45, 7) is 0.751. The summed E-state index contributed by atoms with van der Waals surface area (Å²) in [6.07, 6.45) is -0.325. The zero-order valence-corrected chi connectivity index (χ0v) is 5.22. The van der Waals surface area contributed by atoms with Crippen LogP contribution in [0.5, 0.6) is 0 Å². The Kier molecular flexibility index (Phi) is 2.42. The first kappa shape index (κ1) is 6.96. The van der Waals surface area contributed by atoms with E-state index in [-0.39, 0.29) is 12.5 Å². The van der Waals surface area contributed by atoms with Crippen molar-refractivity contribution in [3.63, 3.8) is 0 Å². The molecule has 0 unspecified atom stereocenters. The molecule has 54 valence electrons. The third kappa shape index (κ3) is 1.63. The van der Waals surface area contributed by atoms with E-state index in [1.54, 1.807) is 0 Å². The maximum Gasteiger partial charge on any atom is 0.128 e. The second-order valence-corrected chi connectivity index (χ2v) is 2.32. The molecular weight excluding hydrogens is 123 g/mol. The molecule has 1 aliphatic heterocycles. The zero-order chi connectivity index (χ0) is 6.69. The lowest BCUT2D eigenvalue weighted by Gasteiger charge is -2.09. The van der Waals surface area contributed by atoms with Crippen molar-refractivity contribution in [2.24, 2.45) is 5.92 Å².